The van der Waals surface area contributed by atoms with E-state index in [-0.39, 0.29) is 0 Å². The molecule has 0 aliphatic heterocycles. The van der Waals surface area contributed by atoms with Crippen molar-refractivity contribution >= 4 is 17.3 Å². The molecule has 2 rings (SSSR count). The average Bonchev–Trinajstić information content (AvgIpc) is 2.35. The Kier molecular flexibility index (Phi) is 3.82. The van der Waals surface area contributed by atoms with Crippen LogP contribution in [-0.2, 0) is 6.54 Å². The second-order valence-corrected chi connectivity index (χ2v) is 4.42. The van der Waals surface area contributed by atoms with Gasteiger partial charge in [-0.3, -0.25) is 0 Å². The van der Waals surface area contributed by atoms with E-state index in [0.717, 1.165) is 17.3 Å². The molecule has 1 N–H and O–H groups in total. The summed E-state index contributed by atoms with van der Waals surface area (Å²) in [6.07, 6.45) is 0. The minimum absolute atomic E-state index is 0.415. The Morgan fingerprint density at radius 2 is 1.89 bits per heavy atom. The molecule has 0 heterocycles. The first-order valence-electron chi connectivity index (χ1n) is 5.51. The summed E-state index contributed by atoms with van der Waals surface area (Å²) in [6.45, 7) is 2.31. The van der Waals surface area contributed by atoms with Gasteiger partial charge in [0.05, 0.1) is 0 Å². The van der Waals surface area contributed by atoms with Gasteiger partial charge in [0.2, 0.25) is 0 Å². The van der Waals surface area contributed by atoms with Crippen LogP contribution in [0.4, 0.5) is 14.5 Å². The molecule has 0 atom stereocenters. The van der Waals surface area contributed by atoms with Crippen LogP contribution in [0.15, 0.2) is 36.4 Å². The number of benzene rings is 2. The van der Waals surface area contributed by atoms with E-state index in [1.807, 2.05) is 19.1 Å². The van der Waals surface area contributed by atoms with Crippen LogP contribution in [0.25, 0.3) is 0 Å². The highest BCUT2D eigenvalue weighted by Gasteiger charge is 2.04. The zero-order chi connectivity index (χ0) is 13.1. The Balaban J connectivity index is 2.11. The van der Waals surface area contributed by atoms with Gasteiger partial charge in [-0.25, -0.2) is 8.78 Å². The summed E-state index contributed by atoms with van der Waals surface area (Å²) < 4.78 is 25.8. The van der Waals surface area contributed by atoms with E-state index in [1.165, 1.54) is 6.07 Å². The molecule has 0 fully saturated rings. The van der Waals surface area contributed by atoms with Gasteiger partial charge in [-0.1, -0.05) is 23.7 Å². The first-order chi connectivity index (χ1) is 8.58. The van der Waals surface area contributed by atoms with E-state index in [9.17, 15) is 8.78 Å². The van der Waals surface area contributed by atoms with E-state index in [4.69, 9.17) is 11.6 Å². The van der Waals surface area contributed by atoms with Gasteiger partial charge in [0, 0.05) is 17.3 Å². The first-order valence-corrected chi connectivity index (χ1v) is 5.88. The third-order valence-electron chi connectivity index (χ3n) is 2.73. The highest BCUT2D eigenvalue weighted by atomic mass is 35.5. The normalized spacial score (nSPS) is 10.4. The summed E-state index contributed by atoms with van der Waals surface area (Å²) in [7, 11) is 0. The van der Waals surface area contributed by atoms with Crippen molar-refractivity contribution in [3.8, 4) is 0 Å². The fraction of sp³-hybridized carbons (Fsp3) is 0.143. The fourth-order valence-electron chi connectivity index (χ4n) is 1.65. The van der Waals surface area contributed by atoms with Gasteiger partial charge >= 0.3 is 0 Å². The van der Waals surface area contributed by atoms with E-state index in [2.05, 4.69) is 5.32 Å². The molecule has 0 saturated carbocycles. The average molecular weight is 268 g/mol. The minimum Gasteiger partial charge on any atom is -0.381 e. The van der Waals surface area contributed by atoms with Crippen LogP contribution in [0.5, 0.6) is 0 Å². The van der Waals surface area contributed by atoms with Crippen LogP contribution < -0.4 is 5.32 Å². The monoisotopic (exact) mass is 267 g/mol. The number of hydrogen-bond donors (Lipinski definition) is 1. The van der Waals surface area contributed by atoms with Crippen LogP contribution in [0.1, 0.15) is 11.1 Å². The number of anilines is 1. The minimum atomic E-state index is -0.836. The van der Waals surface area contributed by atoms with Gasteiger partial charge in [-0.05, 0) is 42.3 Å². The lowest BCUT2D eigenvalue weighted by Gasteiger charge is -2.10. The van der Waals surface area contributed by atoms with Crippen LogP contribution in [0, 0.1) is 18.6 Å². The lowest BCUT2D eigenvalue weighted by Crippen LogP contribution is -2.02. The second kappa shape index (κ2) is 5.36. The maximum atomic E-state index is 13.0. The quantitative estimate of drug-likeness (QED) is 0.861. The molecule has 0 aromatic heterocycles. The van der Waals surface area contributed by atoms with Crippen molar-refractivity contribution < 1.29 is 8.78 Å². The lowest BCUT2D eigenvalue weighted by atomic mass is 10.1. The Labute approximate surface area is 109 Å². The van der Waals surface area contributed by atoms with Gasteiger partial charge in [-0.2, -0.15) is 0 Å². The molecule has 4 heteroatoms. The molecule has 0 unspecified atom stereocenters. The molecule has 2 aromatic carbocycles. The van der Waals surface area contributed by atoms with Crippen molar-refractivity contribution in [2.24, 2.45) is 0 Å². The zero-order valence-corrected chi connectivity index (χ0v) is 10.6. The first kappa shape index (κ1) is 12.8. The maximum absolute atomic E-state index is 13.0. The highest BCUT2D eigenvalue weighted by molar-refractivity contribution is 6.31. The Morgan fingerprint density at radius 3 is 2.61 bits per heavy atom. The number of nitrogens with one attached hydrogen (secondary N) is 1. The Morgan fingerprint density at radius 1 is 1.11 bits per heavy atom. The number of halogens is 3. The molecule has 0 bridgehead atoms. The molecular formula is C14H12ClF2N. The SMILES string of the molecule is Cc1c(Cl)cccc1NCc1ccc(F)c(F)c1. The predicted octanol–water partition coefficient (Wildman–Crippen LogP) is 4.54. The Hall–Kier alpha value is -1.61. The van der Waals surface area contributed by atoms with Crippen molar-refractivity contribution in [1.82, 2.24) is 0 Å². The molecule has 0 amide bonds. The van der Waals surface area contributed by atoms with E-state index in [1.54, 1.807) is 12.1 Å². The molecule has 0 spiro atoms. The molecule has 0 aliphatic carbocycles. The number of rotatable bonds is 3. The molecule has 18 heavy (non-hydrogen) atoms. The lowest BCUT2D eigenvalue weighted by molar-refractivity contribution is 0.507. The number of hydrogen-bond acceptors (Lipinski definition) is 1. The van der Waals surface area contributed by atoms with Crippen molar-refractivity contribution in [2.45, 2.75) is 13.5 Å². The summed E-state index contributed by atoms with van der Waals surface area (Å²) in [4.78, 5) is 0. The summed E-state index contributed by atoms with van der Waals surface area (Å²) in [5, 5.41) is 3.81. The van der Waals surface area contributed by atoms with Crippen LogP contribution >= 0.6 is 11.6 Å². The van der Waals surface area contributed by atoms with Gasteiger partial charge in [0.1, 0.15) is 0 Å². The van der Waals surface area contributed by atoms with Crippen LogP contribution in [-0.4, -0.2) is 0 Å². The van der Waals surface area contributed by atoms with E-state index in [0.29, 0.717) is 17.1 Å². The Bertz CT molecular complexity index is 570. The summed E-state index contributed by atoms with van der Waals surface area (Å²) >= 11 is 5.99. The maximum Gasteiger partial charge on any atom is 0.159 e. The van der Waals surface area contributed by atoms with Gasteiger partial charge in [0.15, 0.2) is 11.6 Å². The summed E-state index contributed by atoms with van der Waals surface area (Å²) in [5.74, 6) is -1.67. The zero-order valence-electron chi connectivity index (χ0n) is 9.81. The molecule has 2 aromatic rings. The van der Waals surface area contributed by atoms with Crippen molar-refractivity contribution in [2.75, 3.05) is 5.32 Å². The van der Waals surface area contributed by atoms with E-state index < -0.39 is 11.6 Å². The molecule has 1 nitrogen and oxygen atoms in total. The molecule has 0 radical (unpaired) electrons. The van der Waals surface area contributed by atoms with E-state index >= 15 is 0 Å². The van der Waals surface area contributed by atoms with Crippen molar-refractivity contribution in [3.63, 3.8) is 0 Å². The molecule has 0 aliphatic rings. The van der Waals surface area contributed by atoms with Crippen LogP contribution in [0.3, 0.4) is 0 Å². The van der Waals surface area contributed by atoms with Gasteiger partial charge < -0.3 is 5.32 Å². The predicted molar refractivity (Wildman–Crippen MR) is 69.9 cm³/mol. The smallest absolute Gasteiger partial charge is 0.159 e. The second-order valence-electron chi connectivity index (χ2n) is 4.01. The third-order valence-corrected chi connectivity index (χ3v) is 3.14. The highest BCUT2D eigenvalue weighted by Crippen LogP contribution is 2.23. The summed E-state index contributed by atoms with van der Waals surface area (Å²) in [6, 6.07) is 9.38. The fourth-order valence-corrected chi connectivity index (χ4v) is 1.82. The van der Waals surface area contributed by atoms with Crippen molar-refractivity contribution in [3.05, 3.63) is 64.2 Å². The largest absolute Gasteiger partial charge is 0.381 e. The summed E-state index contributed by atoms with van der Waals surface area (Å²) in [5.41, 5.74) is 2.49. The molecular weight excluding hydrogens is 256 g/mol. The third kappa shape index (κ3) is 2.79. The molecule has 94 valence electrons. The standard InChI is InChI=1S/C14H12ClF2N/c1-9-11(15)3-2-4-14(9)18-8-10-5-6-12(16)13(17)7-10/h2-7,18H,8H2,1H3. The van der Waals surface area contributed by atoms with Gasteiger partial charge in [-0.15, -0.1) is 0 Å². The van der Waals surface area contributed by atoms with Crippen molar-refractivity contribution in [1.29, 1.82) is 0 Å². The van der Waals surface area contributed by atoms with Crippen LogP contribution in [0.2, 0.25) is 5.02 Å². The van der Waals surface area contributed by atoms with Gasteiger partial charge in [0.25, 0.3) is 0 Å². The topological polar surface area (TPSA) is 12.0 Å². The molecule has 0 saturated heterocycles.